The van der Waals surface area contributed by atoms with Gasteiger partial charge >= 0.3 is 11.9 Å². The third-order valence-corrected chi connectivity index (χ3v) is 9.98. The lowest BCUT2D eigenvalue weighted by molar-refractivity contribution is -0.489. The normalized spacial score (nSPS) is 40.6. The van der Waals surface area contributed by atoms with Crippen LogP contribution >= 0.6 is 0 Å². The van der Waals surface area contributed by atoms with E-state index in [1.807, 2.05) is 6.92 Å². The van der Waals surface area contributed by atoms with E-state index < -0.39 is 0 Å². The first kappa shape index (κ1) is 25.8. The van der Waals surface area contributed by atoms with Crippen LogP contribution in [-0.4, -0.2) is 35.2 Å². The third kappa shape index (κ3) is 4.65. The molecule has 3 fully saturated rings. The molecule has 0 radical (unpaired) electrons. The van der Waals surface area contributed by atoms with Gasteiger partial charge in [-0.3, -0.25) is 14.9 Å². The molecule has 0 aromatic carbocycles. The number of esters is 1. The Balaban J connectivity index is 1.62. The van der Waals surface area contributed by atoms with Gasteiger partial charge in [-0.15, -0.1) is 0 Å². The highest BCUT2D eigenvalue weighted by Crippen LogP contribution is 2.67. The summed E-state index contributed by atoms with van der Waals surface area (Å²) in [7, 11) is 0. The highest BCUT2D eigenvalue weighted by molar-refractivity contribution is 5.86. The van der Waals surface area contributed by atoms with Gasteiger partial charge in [0, 0.05) is 36.5 Å². The molecular formula is C27H40N2O6. The predicted octanol–water partition coefficient (Wildman–Crippen LogP) is 5.33. The second-order valence-electron chi connectivity index (χ2n) is 11.8. The van der Waals surface area contributed by atoms with E-state index in [9.17, 15) is 19.7 Å². The minimum atomic E-state index is -0.388. The molecule has 0 aliphatic heterocycles. The molecule has 0 heterocycles. The maximum Gasteiger partial charge on any atom is 0.334 e. The van der Waals surface area contributed by atoms with Gasteiger partial charge in [0.1, 0.15) is 6.10 Å². The van der Waals surface area contributed by atoms with Crippen molar-refractivity contribution in [1.82, 2.24) is 0 Å². The zero-order chi connectivity index (χ0) is 25.5. The molecule has 8 heteroatoms. The number of fused-ring (bicyclic) bond motifs is 5. The molecule has 4 rings (SSSR count). The zero-order valence-corrected chi connectivity index (χ0v) is 21.7. The molecule has 0 saturated heterocycles. The van der Waals surface area contributed by atoms with Crippen LogP contribution in [0, 0.1) is 50.5 Å². The van der Waals surface area contributed by atoms with Crippen molar-refractivity contribution in [1.29, 1.82) is 0 Å². The molecule has 7 unspecified atom stereocenters. The first-order chi connectivity index (χ1) is 16.5. The molecule has 0 amide bonds. The number of hydrogen-bond donors (Lipinski definition) is 0. The van der Waals surface area contributed by atoms with Gasteiger partial charge in [0.2, 0.25) is 6.54 Å². The van der Waals surface area contributed by atoms with Crippen molar-refractivity contribution in [3.05, 3.63) is 21.8 Å². The van der Waals surface area contributed by atoms with E-state index >= 15 is 0 Å². The number of nitrogens with zero attached hydrogens (tertiary/aromatic N) is 2. The summed E-state index contributed by atoms with van der Waals surface area (Å²) in [6.45, 7) is 9.68. The largest absolute Gasteiger partial charge is 0.462 e. The van der Waals surface area contributed by atoms with Gasteiger partial charge in [-0.25, -0.2) is 4.79 Å². The Bertz CT molecular complexity index is 944. The summed E-state index contributed by atoms with van der Waals surface area (Å²) in [5, 5.41) is 15.8. The summed E-state index contributed by atoms with van der Waals surface area (Å²) in [5.41, 5.74) is 2.13. The van der Waals surface area contributed by atoms with Gasteiger partial charge in [0.15, 0.2) is 0 Å². The lowest BCUT2D eigenvalue weighted by Gasteiger charge is -2.58. The van der Waals surface area contributed by atoms with Gasteiger partial charge in [0.05, 0.1) is 5.71 Å². The van der Waals surface area contributed by atoms with Crippen LogP contribution in [0.4, 0.5) is 0 Å². The first-order valence-corrected chi connectivity index (χ1v) is 13.2. The minimum absolute atomic E-state index is 0.0257. The number of ether oxygens (including phenoxy) is 1. The van der Waals surface area contributed by atoms with Crippen LogP contribution in [0.25, 0.3) is 0 Å². The molecule has 194 valence electrons. The van der Waals surface area contributed by atoms with E-state index in [0.29, 0.717) is 23.5 Å². The number of carbonyl (C=O) groups is 2. The lowest BCUT2D eigenvalue weighted by atomic mass is 9.47. The fourth-order valence-corrected chi connectivity index (χ4v) is 8.58. The zero-order valence-electron chi connectivity index (χ0n) is 21.7. The van der Waals surface area contributed by atoms with Crippen LogP contribution in [0.3, 0.4) is 0 Å². The Kier molecular flexibility index (Phi) is 7.13. The van der Waals surface area contributed by atoms with E-state index in [0.717, 1.165) is 44.9 Å². The average molecular weight is 489 g/mol. The Morgan fingerprint density at radius 3 is 2.60 bits per heavy atom. The van der Waals surface area contributed by atoms with E-state index in [2.05, 4.69) is 25.1 Å². The Morgan fingerprint density at radius 2 is 1.94 bits per heavy atom. The second kappa shape index (κ2) is 9.66. The van der Waals surface area contributed by atoms with Gasteiger partial charge in [0.25, 0.3) is 0 Å². The average Bonchev–Trinajstić information content (AvgIpc) is 3.08. The van der Waals surface area contributed by atoms with E-state index in [-0.39, 0.29) is 58.6 Å². The summed E-state index contributed by atoms with van der Waals surface area (Å²) < 4.78 is 5.55. The Hall–Kier alpha value is -2.25. The second-order valence-corrected chi connectivity index (χ2v) is 11.8. The maximum atomic E-state index is 11.7. The van der Waals surface area contributed by atoms with Gasteiger partial charge in [-0.1, -0.05) is 37.6 Å². The van der Waals surface area contributed by atoms with Crippen molar-refractivity contribution in [2.75, 3.05) is 6.54 Å². The molecule has 4 aliphatic carbocycles. The van der Waals surface area contributed by atoms with Gasteiger partial charge in [-0.05, 0) is 74.0 Å². The topological polar surface area (TPSA) is 108 Å². The summed E-state index contributed by atoms with van der Waals surface area (Å²) in [5.74, 6) is 0.589. The third-order valence-electron chi connectivity index (χ3n) is 9.98. The molecule has 35 heavy (non-hydrogen) atoms. The molecule has 3 saturated carbocycles. The number of carbonyl (C=O) groups excluding carboxylic acids is 2. The van der Waals surface area contributed by atoms with E-state index in [4.69, 9.17) is 9.57 Å². The van der Waals surface area contributed by atoms with Gasteiger partial charge in [-0.2, -0.15) is 0 Å². The molecule has 0 aromatic heterocycles. The van der Waals surface area contributed by atoms with Crippen LogP contribution in [0.15, 0.2) is 16.8 Å². The molecule has 0 aromatic rings. The number of oxime groups is 1. The molecule has 0 spiro atoms. The van der Waals surface area contributed by atoms with Crippen molar-refractivity contribution in [2.45, 2.75) is 92.1 Å². The molecule has 0 N–H and O–H groups in total. The minimum Gasteiger partial charge on any atom is -0.462 e. The van der Waals surface area contributed by atoms with Crippen LogP contribution in [0.1, 0.15) is 86.0 Å². The quantitative estimate of drug-likeness (QED) is 0.125. The van der Waals surface area contributed by atoms with Crippen LogP contribution in [0.2, 0.25) is 0 Å². The van der Waals surface area contributed by atoms with E-state index in [1.165, 1.54) is 12.5 Å². The van der Waals surface area contributed by atoms with Crippen molar-refractivity contribution >= 4 is 17.7 Å². The van der Waals surface area contributed by atoms with Crippen LogP contribution in [0.5, 0.6) is 0 Å². The molecule has 0 bridgehead atoms. The molecule has 8 nitrogen and oxygen atoms in total. The Morgan fingerprint density at radius 1 is 1.20 bits per heavy atom. The van der Waals surface area contributed by atoms with Gasteiger partial charge < -0.3 is 9.57 Å². The van der Waals surface area contributed by atoms with E-state index in [1.54, 1.807) is 6.92 Å². The van der Waals surface area contributed by atoms with Crippen molar-refractivity contribution in [2.24, 2.45) is 45.6 Å². The Labute approximate surface area is 208 Å². The molecular weight excluding hydrogens is 448 g/mol. The monoisotopic (exact) mass is 488 g/mol. The summed E-state index contributed by atoms with van der Waals surface area (Å²) in [6, 6.07) is 0. The summed E-state index contributed by atoms with van der Waals surface area (Å²) in [4.78, 5) is 39.7. The van der Waals surface area contributed by atoms with Crippen molar-refractivity contribution in [3.8, 4) is 0 Å². The van der Waals surface area contributed by atoms with Crippen LogP contribution < -0.4 is 0 Å². The highest BCUT2D eigenvalue weighted by Gasteiger charge is 2.62. The molecule has 8 atom stereocenters. The summed E-state index contributed by atoms with van der Waals surface area (Å²) >= 11 is 0. The number of rotatable bonds is 6. The smallest absolute Gasteiger partial charge is 0.334 e. The fraction of sp³-hybridized carbons (Fsp3) is 0.815. The molecule has 4 aliphatic rings. The SMILES string of the molecule is CCC(=O)ON=C(C)C1[C@H](C[N+](=O)[O-])CC2C3CC=C4CC(OC(C)=O)CCC4(C)C3CCC21C. The van der Waals surface area contributed by atoms with Crippen molar-refractivity contribution in [3.63, 3.8) is 0 Å². The maximum absolute atomic E-state index is 11.7. The number of hydrogen-bond acceptors (Lipinski definition) is 7. The number of nitro groups is 1. The lowest BCUT2D eigenvalue weighted by Crippen LogP contribution is -2.51. The first-order valence-electron chi connectivity index (χ1n) is 13.2. The van der Waals surface area contributed by atoms with Crippen molar-refractivity contribution < 1.29 is 24.1 Å². The highest BCUT2D eigenvalue weighted by atomic mass is 16.7. The predicted molar refractivity (Wildman–Crippen MR) is 131 cm³/mol. The standard InChI is InChI=1S/C27H40N2O6/c1-6-24(31)35-28-16(2)25-18(15-29(32)33)13-23-21-8-7-19-14-20(34-17(3)30)9-11-26(19,4)22(21)10-12-27(23,25)5/h7,18,20-23,25H,6,8-15H2,1-5H3/t18-,20?,21?,22?,23?,25?,26?,27?/m0/s1. The van der Waals surface area contributed by atoms with Crippen LogP contribution in [-0.2, 0) is 19.2 Å². The fourth-order valence-electron chi connectivity index (χ4n) is 8.58. The number of allylic oxidation sites excluding steroid dienone is 1. The summed E-state index contributed by atoms with van der Waals surface area (Å²) in [6.07, 6.45) is 9.18.